The van der Waals surface area contributed by atoms with E-state index in [4.69, 9.17) is 4.74 Å². The van der Waals surface area contributed by atoms with Crippen molar-refractivity contribution in [2.24, 2.45) is 0 Å². The molecule has 1 saturated heterocycles. The van der Waals surface area contributed by atoms with Gasteiger partial charge in [-0.05, 0) is 17.7 Å². The van der Waals surface area contributed by atoms with E-state index in [0.29, 0.717) is 30.9 Å². The number of rotatable bonds is 5. The molecule has 24 heavy (non-hydrogen) atoms. The second-order valence-corrected chi connectivity index (χ2v) is 5.80. The molecule has 3 rings (SSSR count). The lowest BCUT2D eigenvalue weighted by Gasteiger charge is -2.27. The molecule has 1 N–H and O–H groups in total. The number of benzene rings is 2. The van der Waals surface area contributed by atoms with Gasteiger partial charge in [0.2, 0.25) is 0 Å². The van der Waals surface area contributed by atoms with Gasteiger partial charge in [-0.25, -0.2) is 0 Å². The molecule has 0 unspecified atom stereocenters. The molecule has 124 valence electrons. The van der Waals surface area contributed by atoms with Gasteiger partial charge in [-0.3, -0.25) is 9.69 Å². The quantitative estimate of drug-likeness (QED) is 0.678. The average molecular weight is 323 g/mol. The number of ether oxygens (including phenoxy) is 1. The number of hydrogen-bond acceptors (Lipinski definition) is 4. The molecule has 0 aromatic heterocycles. The van der Waals surface area contributed by atoms with Crippen LogP contribution in [0.15, 0.2) is 54.6 Å². The van der Waals surface area contributed by atoms with Gasteiger partial charge in [0.1, 0.15) is 5.75 Å². The van der Waals surface area contributed by atoms with Crippen molar-refractivity contribution in [2.75, 3.05) is 26.3 Å². The first-order valence-corrected chi connectivity index (χ1v) is 8.12. The summed E-state index contributed by atoms with van der Waals surface area (Å²) in [4.78, 5) is 14.8. The van der Waals surface area contributed by atoms with Crippen molar-refractivity contribution in [3.05, 3.63) is 71.3 Å². The highest BCUT2D eigenvalue weighted by atomic mass is 16.5. The number of carbonyl (C=O) groups excluding carboxylic acids is 1. The third kappa shape index (κ3) is 4.10. The Morgan fingerprint density at radius 3 is 2.58 bits per heavy atom. The van der Waals surface area contributed by atoms with Gasteiger partial charge in [0, 0.05) is 30.8 Å². The van der Waals surface area contributed by atoms with Gasteiger partial charge in [-0.2, -0.15) is 0 Å². The van der Waals surface area contributed by atoms with Crippen molar-refractivity contribution in [3.8, 4) is 5.75 Å². The molecule has 1 aliphatic heterocycles. The summed E-state index contributed by atoms with van der Waals surface area (Å²) in [6, 6.07) is 14.8. The summed E-state index contributed by atoms with van der Waals surface area (Å²) in [5.74, 6) is 0.0680. The van der Waals surface area contributed by atoms with Crippen LogP contribution in [0.1, 0.15) is 21.5 Å². The average Bonchev–Trinajstić information content (AvgIpc) is 2.63. The zero-order chi connectivity index (χ0) is 16.8. The lowest BCUT2D eigenvalue weighted by atomic mass is 10.0. The lowest BCUT2D eigenvalue weighted by molar-refractivity contribution is 0.0338. The van der Waals surface area contributed by atoms with E-state index >= 15 is 0 Å². The van der Waals surface area contributed by atoms with E-state index in [0.717, 1.165) is 18.7 Å². The van der Waals surface area contributed by atoms with E-state index < -0.39 is 0 Å². The third-order valence-electron chi connectivity index (χ3n) is 4.13. The fourth-order valence-electron chi connectivity index (χ4n) is 2.78. The van der Waals surface area contributed by atoms with Crippen LogP contribution in [0, 0.1) is 0 Å². The Morgan fingerprint density at radius 1 is 1.08 bits per heavy atom. The molecule has 4 heteroatoms. The zero-order valence-electron chi connectivity index (χ0n) is 13.5. The number of phenolic OH excluding ortho intramolecular Hbond substituents is 1. The van der Waals surface area contributed by atoms with E-state index in [2.05, 4.69) is 4.90 Å². The smallest absolute Gasteiger partial charge is 0.186 e. The van der Waals surface area contributed by atoms with Gasteiger partial charge in [0.25, 0.3) is 0 Å². The summed E-state index contributed by atoms with van der Waals surface area (Å²) in [7, 11) is 0. The molecule has 0 atom stereocenters. The van der Waals surface area contributed by atoms with E-state index in [1.807, 2.05) is 30.3 Å². The topological polar surface area (TPSA) is 49.8 Å². The monoisotopic (exact) mass is 323 g/mol. The summed E-state index contributed by atoms with van der Waals surface area (Å²) in [6.07, 6.45) is 3.36. The fraction of sp³-hybridized carbons (Fsp3) is 0.250. The summed E-state index contributed by atoms with van der Waals surface area (Å²) in [5.41, 5.74) is 2.21. The first-order chi connectivity index (χ1) is 11.7. The normalized spacial score (nSPS) is 15.7. The molecule has 1 aliphatic rings. The number of nitrogens with zero attached hydrogens (tertiary/aromatic N) is 1. The Kier molecular flexibility index (Phi) is 5.41. The van der Waals surface area contributed by atoms with Crippen molar-refractivity contribution < 1.29 is 14.6 Å². The lowest BCUT2D eigenvalue weighted by Crippen LogP contribution is -2.36. The Hall–Kier alpha value is -2.43. The van der Waals surface area contributed by atoms with Crippen LogP contribution in [0.25, 0.3) is 6.08 Å². The highest BCUT2D eigenvalue weighted by Crippen LogP contribution is 2.24. The number of carbonyl (C=O) groups is 1. The molecular formula is C20H21NO3. The molecular weight excluding hydrogens is 302 g/mol. The van der Waals surface area contributed by atoms with Gasteiger partial charge in [0.05, 0.1) is 13.2 Å². The fourth-order valence-corrected chi connectivity index (χ4v) is 2.78. The molecule has 2 aromatic carbocycles. The number of aromatic hydroxyl groups is 1. The minimum atomic E-state index is -0.0991. The largest absolute Gasteiger partial charge is 0.508 e. The molecule has 0 spiro atoms. The molecule has 0 aliphatic carbocycles. The highest BCUT2D eigenvalue weighted by molar-refractivity contribution is 6.08. The van der Waals surface area contributed by atoms with E-state index in [-0.39, 0.29) is 11.5 Å². The van der Waals surface area contributed by atoms with Crippen molar-refractivity contribution in [1.82, 2.24) is 4.90 Å². The molecule has 0 bridgehead atoms. The van der Waals surface area contributed by atoms with Gasteiger partial charge < -0.3 is 9.84 Å². The van der Waals surface area contributed by atoms with Crippen LogP contribution in [0.3, 0.4) is 0 Å². The molecule has 1 fully saturated rings. The van der Waals surface area contributed by atoms with E-state index in [1.54, 1.807) is 30.4 Å². The molecule has 0 amide bonds. The van der Waals surface area contributed by atoms with Crippen LogP contribution >= 0.6 is 0 Å². The van der Waals surface area contributed by atoms with Crippen LogP contribution < -0.4 is 0 Å². The molecule has 1 heterocycles. The van der Waals surface area contributed by atoms with E-state index in [1.165, 1.54) is 0 Å². The minimum absolute atomic E-state index is 0.0991. The molecule has 4 nitrogen and oxygen atoms in total. The van der Waals surface area contributed by atoms with Crippen molar-refractivity contribution in [2.45, 2.75) is 6.54 Å². The van der Waals surface area contributed by atoms with Gasteiger partial charge in [-0.15, -0.1) is 0 Å². The predicted molar refractivity (Wildman–Crippen MR) is 94.0 cm³/mol. The van der Waals surface area contributed by atoms with Crippen molar-refractivity contribution in [1.29, 1.82) is 0 Å². The zero-order valence-corrected chi connectivity index (χ0v) is 13.5. The number of allylic oxidation sites excluding steroid dienone is 1. The Bertz CT molecular complexity index is 719. The van der Waals surface area contributed by atoms with Crippen molar-refractivity contribution in [3.63, 3.8) is 0 Å². The van der Waals surface area contributed by atoms with Crippen LogP contribution in [-0.2, 0) is 11.3 Å². The summed E-state index contributed by atoms with van der Waals surface area (Å²) < 4.78 is 5.35. The summed E-state index contributed by atoms with van der Waals surface area (Å²) in [5, 5.41) is 10.2. The summed E-state index contributed by atoms with van der Waals surface area (Å²) >= 11 is 0. The maximum absolute atomic E-state index is 12.6. The second kappa shape index (κ2) is 7.90. The Balaban J connectivity index is 1.80. The van der Waals surface area contributed by atoms with Crippen molar-refractivity contribution >= 4 is 11.9 Å². The van der Waals surface area contributed by atoms with Gasteiger partial charge in [-0.1, -0.05) is 48.5 Å². The highest BCUT2D eigenvalue weighted by Gasteiger charge is 2.18. The number of phenols is 1. The van der Waals surface area contributed by atoms with Crippen LogP contribution in [0.5, 0.6) is 5.75 Å². The van der Waals surface area contributed by atoms with Crippen LogP contribution in [0.2, 0.25) is 0 Å². The predicted octanol–water partition coefficient (Wildman–Crippen LogP) is 3.12. The second-order valence-electron chi connectivity index (χ2n) is 5.80. The number of hydrogen-bond donors (Lipinski definition) is 1. The van der Waals surface area contributed by atoms with Crippen LogP contribution in [0.4, 0.5) is 0 Å². The first-order valence-electron chi connectivity index (χ1n) is 8.12. The molecule has 2 aromatic rings. The minimum Gasteiger partial charge on any atom is -0.508 e. The third-order valence-corrected chi connectivity index (χ3v) is 4.13. The Labute approximate surface area is 142 Å². The SMILES string of the molecule is O=C(/C=C/c1ccccc1)c1cccc(O)c1CN1CCOCC1. The summed E-state index contributed by atoms with van der Waals surface area (Å²) in [6.45, 7) is 3.54. The first kappa shape index (κ1) is 16.4. The number of ketones is 1. The number of morpholine rings is 1. The Morgan fingerprint density at radius 2 is 1.83 bits per heavy atom. The van der Waals surface area contributed by atoms with Gasteiger partial charge >= 0.3 is 0 Å². The molecule has 0 radical (unpaired) electrons. The van der Waals surface area contributed by atoms with E-state index in [9.17, 15) is 9.90 Å². The molecule has 0 saturated carbocycles. The van der Waals surface area contributed by atoms with Crippen LogP contribution in [-0.4, -0.2) is 42.1 Å². The maximum Gasteiger partial charge on any atom is 0.186 e. The standard InChI is InChI=1S/C20H21NO3/c22-19-8-4-7-17(18(19)15-21-11-13-24-14-12-21)20(23)10-9-16-5-2-1-3-6-16/h1-10,22H,11-15H2/b10-9+. The maximum atomic E-state index is 12.6. The van der Waals surface area contributed by atoms with Gasteiger partial charge in [0.15, 0.2) is 5.78 Å².